The number of hydrogen-bond acceptors (Lipinski definition) is 4. The number of methoxy groups -OCH3 is 1. The number of thiocarbonyl (C=S) groups is 1. The van der Waals surface area contributed by atoms with Crippen LogP contribution < -0.4 is 20.1 Å². The van der Waals surface area contributed by atoms with E-state index in [1.54, 1.807) is 43.5 Å². The summed E-state index contributed by atoms with van der Waals surface area (Å²) in [4.78, 5) is 0.126. The normalized spacial score (nSPS) is 10.8. The molecule has 0 atom stereocenters. The molecule has 0 bridgehead atoms. The minimum absolute atomic E-state index is 0.126. The van der Waals surface area contributed by atoms with Crippen LogP contribution in [0.1, 0.15) is 0 Å². The second-order valence-corrected chi connectivity index (χ2v) is 8.44. The molecule has 6 nitrogen and oxygen atoms in total. The molecule has 0 spiro atoms. The van der Waals surface area contributed by atoms with Crippen LogP contribution in [0, 0.1) is 0 Å². The fraction of sp³-hybridized carbons (Fsp3) is 0.0500. The summed E-state index contributed by atoms with van der Waals surface area (Å²) in [5, 5.41) is 6.94. The molecule has 0 aliphatic rings. The van der Waals surface area contributed by atoms with Gasteiger partial charge in [0, 0.05) is 16.4 Å². The van der Waals surface area contributed by atoms with Crippen molar-refractivity contribution >= 4 is 56.0 Å². The zero-order valence-electron chi connectivity index (χ0n) is 15.3. The molecule has 9 heteroatoms. The molecule has 0 aliphatic heterocycles. The molecular formula is C20H18ClN3O3S2. The van der Waals surface area contributed by atoms with E-state index in [2.05, 4.69) is 15.4 Å². The van der Waals surface area contributed by atoms with Crippen molar-refractivity contribution in [1.82, 2.24) is 0 Å². The van der Waals surface area contributed by atoms with Gasteiger partial charge in [-0.15, -0.1) is 0 Å². The molecule has 0 radical (unpaired) electrons. The van der Waals surface area contributed by atoms with E-state index < -0.39 is 10.0 Å². The highest BCUT2D eigenvalue weighted by molar-refractivity contribution is 7.92. The van der Waals surface area contributed by atoms with E-state index in [1.807, 2.05) is 24.3 Å². The Hall–Kier alpha value is -2.81. The van der Waals surface area contributed by atoms with Crippen LogP contribution in [0.15, 0.2) is 77.7 Å². The molecule has 3 N–H and O–H groups in total. The number of anilines is 3. The SMILES string of the molecule is COc1ccccc1NC(=S)Nc1ccc(S(=O)(=O)Nc2ccc(Cl)cc2)cc1. The molecule has 0 saturated carbocycles. The lowest BCUT2D eigenvalue weighted by Gasteiger charge is -2.14. The predicted octanol–water partition coefficient (Wildman–Crippen LogP) is 4.96. The van der Waals surface area contributed by atoms with Gasteiger partial charge in [-0.05, 0) is 72.9 Å². The standard InChI is InChI=1S/C20H18ClN3O3S2/c1-27-19-5-3-2-4-18(19)23-20(28)22-15-10-12-17(13-11-15)29(25,26)24-16-8-6-14(21)7-9-16/h2-13,24H,1H3,(H2,22,23,28). The van der Waals surface area contributed by atoms with Crippen molar-refractivity contribution in [3.05, 3.63) is 77.8 Å². The van der Waals surface area contributed by atoms with Crippen molar-refractivity contribution in [2.24, 2.45) is 0 Å². The average molecular weight is 448 g/mol. The van der Waals surface area contributed by atoms with Crippen LogP contribution in [0.2, 0.25) is 5.02 Å². The van der Waals surface area contributed by atoms with Crippen LogP contribution in [-0.2, 0) is 10.0 Å². The quantitative estimate of drug-likeness (QED) is 0.463. The summed E-state index contributed by atoms with van der Waals surface area (Å²) < 4.78 is 32.8. The highest BCUT2D eigenvalue weighted by Crippen LogP contribution is 2.24. The molecule has 150 valence electrons. The summed E-state index contributed by atoms with van der Waals surface area (Å²) >= 11 is 11.1. The van der Waals surface area contributed by atoms with Crippen LogP contribution >= 0.6 is 23.8 Å². The van der Waals surface area contributed by atoms with E-state index in [9.17, 15) is 8.42 Å². The van der Waals surface area contributed by atoms with Crippen molar-refractivity contribution < 1.29 is 13.2 Å². The third kappa shape index (κ3) is 5.60. The minimum Gasteiger partial charge on any atom is -0.495 e. The van der Waals surface area contributed by atoms with Crippen molar-refractivity contribution in [2.75, 3.05) is 22.5 Å². The molecule has 3 rings (SSSR count). The number of benzene rings is 3. The highest BCUT2D eigenvalue weighted by Gasteiger charge is 2.14. The van der Waals surface area contributed by atoms with Gasteiger partial charge in [-0.2, -0.15) is 0 Å². The number of ether oxygens (including phenoxy) is 1. The number of para-hydroxylation sites is 2. The molecule has 3 aromatic rings. The first-order chi connectivity index (χ1) is 13.9. The molecule has 0 aromatic heterocycles. The lowest BCUT2D eigenvalue weighted by Crippen LogP contribution is -2.19. The van der Waals surface area contributed by atoms with Gasteiger partial charge in [0.05, 0.1) is 17.7 Å². The summed E-state index contributed by atoms with van der Waals surface area (Å²) in [6, 6.07) is 20.0. The Balaban J connectivity index is 1.66. The van der Waals surface area contributed by atoms with E-state index in [0.29, 0.717) is 27.3 Å². The van der Waals surface area contributed by atoms with Gasteiger partial charge in [-0.1, -0.05) is 23.7 Å². The van der Waals surface area contributed by atoms with E-state index in [0.717, 1.165) is 5.69 Å². The molecule has 0 unspecified atom stereocenters. The second-order valence-electron chi connectivity index (χ2n) is 5.92. The van der Waals surface area contributed by atoms with Gasteiger partial charge in [-0.3, -0.25) is 4.72 Å². The maximum Gasteiger partial charge on any atom is 0.261 e. The predicted molar refractivity (Wildman–Crippen MR) is 122 cm³/mol. The van der Waals surface area contributed by atoms with E-state index in [-0.39, 0.29) is 4.90 Å². The molecule has 0 saturated heterocycles. The van der Waals surface area contributed by atoms with Gasteiger partial charge in [0.1, 0.15) is 5.75 Å². The van der Waals surface area contributed by atoms with Crippen molar-refractivity contribution in [1.29, 1.82) is 0 Å². The third-order valence-electron chi connectivity index (χ3n) is 3.87. The highest BCUT2D eigenvalue weighted by atomic mass is 35.5. The molecule has 0 fully saturated rings. The third-order valence-corrected chi connectivity index (χ3v) is 5.73. The number of nitrogens with one attached hydrogen (secondary N) is 3. The number of rotatable bonds is 6. The van der Waals surface area contributed by atoms with Crippen LogP contribution in [0.5, 0.6) is 5.75 Å². The van der Waals surface area contributed by atoms with Gasteiger partial charge < -0.3 is 15.4 Å². The molecule has 0 amide bonds. The topological polar surface area (TPSA) is 79.5 Å². The largest absolute Gasteiger partial charge is 0.495 e. The van der Waals surface area contributed by atoms with E-state index in [4.69, 9.17) is 28.6 Å². The van der Waals surface area contributed by atoms with Gasteiger partial charge in [0.2, 0.25) is 0 Å². The first kappa shape index (κ1) is 20.9. The van der Waals surface area contributed by atoms with E-state index in [1.165, 1.54) is 12.1 Å². The summed E-state index contributed by atoms with van der Waals surface area (Å²) in [7, 11) is -2.14. The molecule has 0 heterocycles. The van der Waals surface area contributed by atoms with Crippen LogP contribution in [-0.4, -0.2) is 20.6 Å². The fourth-order valence-electron chi connectivity index (χ4n) is 2.48. The van der Waals surface area contributed by atoms with Gasteiger partial charge in [0.15, 0.2) is 5.11 Å². The van der Waals surface area contributed by atoms with Gasteiger partial charge >= 0.3 is 0 Å². The van der Waals surface area contributed by atoms with Crippen LogP contribution in [0.4, 0.5) is 17.1 Å². The van der Waals surface area contributed by atoms with Gasteiger partial charge in [0.25, 0.3) is 10.0 Å². The molecular weight excluding hydrogens is 430 g/mol. The maximum absolute atomic E-state index is 12.5. The molecule has 0 aliphatic carbocycles. The monoisotopic (exact) mass is 447 g/mol. The molecule has 3 aromatic carbocycles. The summed E-state index contributed by atoms with van der Waals surface area (Å²) in [6.07, 6.45) is 0. The first-order valence-corrected chi connectivity index (χ1v) is 10.7. The number of hydrogen-bond donors (Lipinski definition) is 3. The Morgan fingerprint density at radius 2 is 1.52 bits per heavy atom. The Morgan fingerprint density at radius 1 is 0.897 bits per heavy atom. The smallest absolute Gasteiger partial charge is 0.261 e. The first-order valence-electron chi connectivity index (χ1n) is 8.47. The number of halogens is 1. The maximum atomic E-state index is 12.5. The molecule has 29 heavy (non-hydrogen) atoms. The Bertz CT molecular complexity index is 1100. The van der Waals surface area contributed by atoms with Crippen molar-refractivity contribution in [3.63, 3.8) is 0 Å². The van der Waals surface area contributed by atoms with Gasteiger partial charge in [-0.25, -0.2) is 8.42 Å². The lowest BCUT2D eigenvalue weighted by molar-refractivity contribution is 0.417. The second kappa shape index (κ2) is 9.13. The Labute approximate surface area is 179 Å². The zero-order valence-corrected chi connectivity index (χ0v) is 17.7. The van der Waals surface area contributed by atoms with Crippen LogP contribution in [0.25, 0.3) is 0 Å². The Kier molecular flexibility index (Phi) is 6.58. The van der Waals surface area contributed by atoms with E-state index >= 15 is 0 Å². The summed E-state index contributed by atoms with van der Waals surface area (Å²) in [6.45, 7) is 0. The number of sulfonamides is 1. The fourth-order valence-corrected chi connectivity index (χ4v) is 3.89. The zero-order chi connectivity index (χ0) is 20.9. The Morgan fingerprint density at radius 3 is 2.17 bits per heavy atom. The summed E-state index contributed by atoms with van der Waals surface area (Å²) in [5.41, 5.74) is 1.79. The van der Waals surface area contributed by atoms with Crippen molar-refractivity contribution in [3.8, 4) is 5.75 Å². The van der Waals surface area contributed by atoms with Crippen LogP contribution in [0.3, 0.4) is 0 Å². The summed E-state index contributed by atoms with van der Waals surface area (Å²) in [5.74, 6) is 0.659. The minimum atomic E-state index is -3.71. The van der Waals surface area contributed by atoms with Crippen molar-refractivity contribution in [2.45, 2.75) is 4.90 Å². The average Bonchev–Trinajstić information content (AvgIpc) is 2.70. The lowest BCUT2D eigenvalue weighted by atomic mass is 10.3.